The fourth-order valence-corrected chi connectivity index (χ4v) is 6.05. The van der Waals surface area contributed by atoms with Crippen molar-refractivity contribution >= 4 is 35.4 Å². The molecule has 0 bridgehead atoms. The molecule has 3 N–H and O–H groups in total. The van der Waals surface area contributed by atoms with Crippen LogP contribution in [-0.2, 0) is 14.3 Å². The monoisotopic (exact) mass is 627 g/mol. The first-order valence-corrected chi connectivity index (χ1v) is 14.9. The summed E-state index contributed by atoms with van der Waals surface area (Å²) in [6.45, 7) is 6.05. The zero-order chi connectivity index (χ0) is 32.8. The second-order valence-corrected chi connectivity index (χ2v) is 12.0. The summed E-state index contributed by atoms with van der Waals surface area (Å²) >= 11 is 0. The Labute approximate surface area is 259 Å². The third kappa shape index (κ3) is 8.25. The number of ether oxygens (including phenoxy) is 1. The highest BCUT2D eigenvalue weighted by atomic mass is 19.1. The van der Waals surface area contributed by atoms with Gasteiger partial charge in [-0.05, 0) is 54.4 Å². The summed E-state index contributed by atoms with van der Waals surface area (Å²) in [6.07, 6.45) is -0.854. The number of benzene rings is 2. The Morgan fingerprint density at radius 2 is 1.80 bits per heavy atom. The Balaban J connectivity index is 1.63. The number of non-ortho nitro benzene ring substituents is 1. The van der Waals surface area contributed by atoms with Gasteiger partial charge < -0.3 is 20.5 Å². The third-order valence-corrected chi connectivity index (χ3v) is 8.37. The molecule has 45 heavy (non-hydrogen) atoms. The van der Waals surface area contributed by atoms with Crippen LogP contribution in [0.1, 0.15) is 58.1 Å². The number of hydrogen-bond donors (Lipinski definition) is 3. The number of nitro groups is 1. The molecular weight excluding hydrogens is 589 g/mol. The van der Waals surface area contributed by atoms with Crippen LogP contribution in [0.15, 0.2) is 48.5 Å². The summed E-state index contributed by atoms with van der Waals surface area (Å²) in [7, 11) is 0. The van der Waals surface area contributed by atoms with Crippen LogP contribution in [0, 0.1) is 33.7 Å². The molecule has 0 spiro atoms. The van der Waals surface area contributed by atoms with Crippen LogP contribution < -0.4 is 10.6 Å². The maximum absolute atomic E-state index is 13.9. The van der Waals surface area contributed by atoms with E-state index in [2.05, 4.69) is 31.4 Å². The molecule has 2 aromatic carbocycles. The molecule has 1 heterocycles. The van der Waals surface area contributed by atoms with Gasteiger partial charge in [-0.15, -0.1) is 0 Å². The fourth-order valence-electron chi connectivity index (χ4n) is 6.05. The Hall–Kier alpha value is -4.75. The Morgan fingerprint density at radius 1 is 1.09 bits per heavy atom. The van der Waals surface area contributed by atoms with Gasteiger partial charge >= 0.3 is 18.1 Å². The molecular formula is C31H38FN5O8. The lowest BCUT2D eigenvalue weighted by atomic mass is 9.75. The lowest BCUT2D eigenvalue weighted by Gasteiger charge is -2.38. The molecule has 5 atom stereocenters. The van der Waals surface area contributed by atoms with E-state index in [0.29, 0.717) is 12.3 Å². The number of rotatable bonds is 9. The topological polar surface area (TPSA) is 171 Å². The first-order valence-electron chi connectivity index (χ1n) is 14.9. The number of nitrogens with zero attached hydrogens (tertiary/aromatic N) is 3. The Kier molecular flexibility index (Phi) is 10.6. The summed E-state index contributed by atoms with van der Waals surface area (Å²) in [5.74, 6) is -2.09. The van der Waals surface area contributed by atoms with E-state index in [4.69, 9.17) is 4.74 Å². The summed E-state index contributed by atoms with van der Waals surface area (Å²) < 4.78 is 19.8. The Bertz CT molecular complexity index is 1440. The third-order valence-electron chi connectivity index (χ3n) is 8.37. The fraction of sp³-hybridized carbons (Fsp3) is 0.484. The number of halogens is 1. The summed E-state index contributed by atoms with van der Waals surface area (Å²) in [4.78, 5) is 65.6. The van der Waals surface area contributed by atoms with Crippen LogP contribution in [0.5, 0.6) is 0 Å². The zero-order valence-corrected chi connectivity index (χ0v) is 25.4. The van der Waals surface area contributed by atoms with Crippen LogP contribution >= 0.6 is 0 Å². The van der Waals surface area contributed by atoms with E-state index in [0.717, 1.165) is 34.8 Å². The standard InChI is InChI=1S/C31H38FN5O8/c1-18(2)24-11-10-19(3)14-26(24)45-31(42)36-13-12-35(30(41)33-22-8-5-7-21(32)16-22)29(36)28(40)34-25(17-27(38)39)20-6-4-9-23(15-20)37(43)44/h4-9,15-16,18-19,24-26,29H,10-14,17H2,1-3H3,(H,33,41)(H,34,40)(H,38,39). The summed E-state index contributed by atoms with van der Waals surface area (Å²) in [6, 6.07) is 8.30. The zero-order valence-electron chi connectivity index (χ0n) is 25.4. The van der Waals surface area contributed by atoms with Crippen LogP contribution in [0.3, 0.4) is 0 Å². The maximum Gasteiger partial charge on any atom is 0.412 e. The van der Waals surface area contributed by atoms with Crippen molar-refractivity contribution in [1.29, 1.82) is 0 Å². The molecule has 2 aliphatic rings. The van der Waals surface area contributed by atoms with Crippen molar-refractivity contribution in [1.82, 2.24) is 15.1 Å². The molecule has 1 saturated heterocycles. The van der Waals surface area contributed by atoms with Crippen molar-refractivity contribution in [3.63, 3.8) is 0 Å². The van der Waals surface area contributed by atoms with Crippen molar-refractivity contribution in [2.75, 3.05) is 18.4 Å². The second-order valence-electron chi connectivity index (χ2n) is 12.0. The number of urea groups is 1. The van der Waals surface area contributed by atoms with Gasteiger partial charge in [-0.25, -0.2) is 14.0 Å². The number of amides is 4. The van der Waals surface area contributed by atoms with Crippen molar-refractivity contribution < 1.29 is 38.3 Å². The molecule has 0 radical (unpaired) electrons. The van der Waals surface area contributed by atoms with Crippen LogP contribution in [-0.4, -0.2) is 69.2 Å². The predicted molar refractivity (Wildman–Crippen MR) is 160 cm³/mol. The predicted octanol–water partition coefficient (Wildman–Crippen LogP) is 5.14. The molecule has 2 fully saturated rings. The van der Waals surface area contributed by atoms with Crippen molar-refractivity contribution in [2.24, 2.45) is 17.8 Å². The Morgan fingerprint density at radius 3 is 2.47 bits per heavy atom. The number of nitro benzene ring substituents is 1. The minimum Gasteiger partial charge on any atom is -0.481 e. The number of carboxylic acid groups (broad SMARTS) is 1. The average Bonchev–Trinajstić information content (AvgIpc) is 3.42. The highest BCUT2D eigenvalue weighted by Gasteiger charge is 2.46. The lowest BCUT2D eigenvalue weighted by Crippen LogP contribution is -2.55. The summed E-state index contributed by atoms with van der Waals surface area (Å²) in [5.41, 5.74) is -0.0315. The van der Waals surface area contributed by atoms with E-state index in [1.54, 1.807) is 0 Å². The highest BCUT2D eigenvalue weighted by molar-refractivity contribution is 5.95. The average molecular weight is 628 g/mol. The maximum atomic E-state index is 13.9. The van der Waals surface area contributed by atoms with Crippen LogP contribution in [0.2, 0.25) is 0 Å². The van der Waals surface area contributed by atoms with Gasteiger partial charge in [0.15, 0.2) is 6.17 Å². The van der Waals surface area contributed by atoms with Gasteiger partial charge in [0, 0.05) is 30.9 Å². The van der Waals surface area contributed by atoms with Gasteiger partial charge in [0.25, 0.3) is 11.6 Å². The summed E-state index contributed by atoms with van der Waals surface area (Å²) in [5, 5.41) is 26.0. The van der Waals surface area contributed by atoms with E-state index in [-0.39, 0.29) is 41.9 Å². The lowest BCUT2D eigenvalue weighted by molar-refractivity contribution is -0.384. The highest BCUT2D eigenvalue weighted by Crippen LogP contribution is 2.36. The number of carbonyl (C=O) groups is 4. The number of anilines is 1. The number of carbonyl (C=O) groups excluding carboxylic acids is 3. The molecule has 4 amide bonds. The van der Waals surface area contributed by atoms with E-state index in [1.165, 1.54) is 36.4 Å². The van der Waals surface area contributed by atoms with E-state index >= 15 is 0 Å². The van der Waals surface area contributed by atoms with Gasteiger partial charge in [-0.3, -0.25) is 29.5 Å². The molecule has 1 aliphatic heterocycles. The molecule has 0 aromatic heterocycles. The minimum atomic E-state index is -1.56. The smallest absolute Gasteiger partial charge is 0.412 e. The van der Waals surface area contributed by atoms with Crippen molar-refractivity contribution in [2.45, 2.75) is 64.8 Å². The molecule has 242 valence electrons. The first kappa shape index (κ1) is 33.1. The molecule has 14 heteroatoms. The van der Waals surface area contributed by atoms with Crippen molar-refractivity contribution in [3.05, 3.63) is 70.0 Å². The van der Waals surface area contributed by atoms with Gasteiger partial charge in [0.05, 0.1) is 17.4 Å². The van der Waals surface area contributed by atoms with E-state index < -0.39 is 59.5 Å². The second kappa shape index (κ2) is 14.4. The minimum absolute atomic E-state index is 0.0669. The van der Waals surface area contributed by atoms with Gasteiger partial charge in [0.2, 0.25) is 0 Å². The molecule has 13 nitrogen and oxygen atoms in total. The van der Waals surface area contributed by atoms with E-state index in [9.17, 15) is 38.8 Å². The number of carboxylic acids is 1. The largest absolute Gasteiger partial charge is 0.481 e. The van der Waals surface area contributed by atoms with Gasteiger partial charge in [0.1, 0.15) is 11.9 Å². The van der Waals surface area contributed by atoms with Gasteiger partial charge in [-0.1, -0.05) is 45.4 Å². The molecule has 5 unspecified atom stereocenters. The molecule has 1 aliphatic carbocycles. The van der Waals surface area contributed by atoms with E-state index in [1.807, 2.05) is 0 Å². The molecule has 2 aromatic rings. The number of hydrogen-bond acceptors (Lipinski definition) is 7. The SMILES string of the molecule is CC1CCC(C(C)C)C(OC(=O)N2CCN(C(=O)Nc3cccc(F)c3)C2C(=O)NC(CC(=O)O)c2cccc([N+](=O)[O-])c2)C1. The molecule has 1 saturated carbocycles. The number of aliphatic carboxylic acids is 1. The number of nitrogens with one attached hydrogen (secondary N) is 2. The van der Waals surface area contributed by atoms with Crippen LogP contribution in [0.4, 0.5) is 25.4 Å². The van der Waals surface area contributed by atoms with Gasteiger partial charge in [-0.2, -0.15) is 0 Å². The molecule has 4 rings (SSSR count). The quantitative estimate of drug-likeness (QED) is 0.253. The van der Waals surface area contributed by atoms with Crippen molar-refractivity contribution in [3.8, 4) is 0 Å². The normalized spacial score (nSPS) is 22.1. The van der Waals surface area contributed by atoms with Crippen LogP contribution in [0.25, 0.3) is 0 Å². The first-order chi connectivity index (χ1) is 21.3.